The first-order valence-corrected chi connectivity index (χ1v) is 10.1. The van der Waals surface area contributed by atoms with E-state index in [0.717, 1.165) is 11.3 Å². The Morgan fingerprint density at radius 1 is 0.969 bits per heavy atom. The number of nitrogens with zero attached hydrogens (tertiary/aromatic N) is 2. The van der Waals surface area contributed by atoms with Gasteiger partial charge in [0.2, 0.25) is 12.1 Å². The Morgan fingerprint density at radius 3 is 2.25 bits per heavy atom. The average Bonchev–Trinajstić information content (AvgIpc) is 3.19. The minimum atomic E-state index is -0.935. The fourth-order valence-electron chi connectivity index (χ4n) is 3.36. The van der Waals surface area contributed by atoms with Gasteiger partial charge in [0, 0.05) is 12.0 Å². The first kappa shape index (κ1) is 22.7. The van der Waals surface area contributed by atoms with Crippen LogP contribution >= 0.6 is 0 Å². The molecule has 1 aromatic heterocycles. The van der Waals surface area contributed by atoms with Crippen LogP contribution in [0.3, 0.4) is 0 Å². The number of amides is 1. The maximum Gasteiger partial charge on any atom is 0.407 e. The van der Waals surface area contributed by atoms with E-state index in [1.54, 1.807) is 22.9 Å². The van der Waals surface area contributed by atoms with Crippen molar-refractivity contribution >= 4 is 17.8 Å². The van der Waals surface area contributed by atoms with Crippen molar-refractivity contribution in [3.8, 4) is 0 Å². The first-order chi connectivity index (χ1) is 15.5. The van der Waals surface area contributed by atoms with Gasteiger partial charge in [-0.25, -0.2) is 18.7 Å². The number of rotatable bonds is 9. The number of methoxy groups -OCH3 is 2. The molecule has 0 fully saturated rings. The normalized spacial score (nSPS) is 11.4. The molecule has 0 saturated heterocycles. The predicted octanol–water partition coefficient (Wildman–Crippen LogP) is 2.15. The first-order valence-electron chi connectivity index (χ1n) is 10.1. The Kier molecular flexibility index (Phi) is 7.75. The zero-order valence-electron chi connectivity index (χ0n) is 18.1. The quantitative estimate of drug-likeness (QED) is 0.315. The SMILES string of the molecule is COC(=O)N[C@@H](Cc1c[n+](CC(=O)c2ccccc2)cn1Cc1ccccc1)C(=O)OC. The van der Waals surface area contributed by atoms with E-state index in [-0.39, 0.29) is 18.7 Å². The van der Waals surface area contributed by atoms with Crippen LogP contribution in [0.25, 0.3) is 0 Å². The smallest absolute Gasteiger partial charge is 0.407 e. The summed E-state index contributed by atoms with van der Waals surface area (Å²) in [6.07, 6.45) is 3.07. The second-order valence-corrected chi connectivity index (χ2v) is 7.23. The molecular weight excluding hydrogens is 410 g/mol. The van der Waals surface area contributed by atoms with E-state index in [4.69, 9.17) is 4.74 Å². The Balaban J connectivity index is 1.88. The zero-order chi connectivity index (χ0) is 22.9. The summed E-state index contributed by atoms with van der Waals surface area (Å²) in [6, 6.07) is 17.9. The van der Waals surface area contributed by atoms with Crippen LogP contribution in [-0.2, 0) is 33.8 Å². The molecule has 32 heavy (non-hydrogen) atoms. The molecule has 1 amide bonds. The van der Waals surface area contributed by atoms with Crippen molar-refractivity contribution in [1.82, 2.24) is 9.88 Å². The van der Waals surface area contributed by atoms with Gasteiger partial charge in [0.1, 0.15) is 24.5 Å². The fourth-order valence-corrected chi connectivity index (χ4v) is 3.36. The molecule has 1 atom stereocenters. The number of ether oxygens (including phenoxy) is 2. The minimum Gasteiger partial charge on any atom is -0.467 e. The van der Waals surface area contributed by atoms with Crippen LogP contribution in [-0.4, -0.2) is 42.7 Å². The molecule has 8 heteroatoms. The summed E-state index contributed by atoms with van der Waals surface area (Å²) >= 11 is 0. The third-order valence-electron chi connectivity index (χ3n) is 4.97. The molecule has 3 rings (SSSR count). The number of alkyl carbamates (subject to hydrolysis) is 1. The molecule has 1 heterocycles. The molecule has 8 nitrogen and oxygen atoms in total. The number of carbonyl (C=O) groups excluding carboxylic acids is 3. The molecular formula is C24H26N3O5+. The number of nitrogens with one attached hydrogen (secondary N) is 1. The van der Waals surface area contributed by atoms with Crippen molar-refractivity contribution in [3.05, 3.63) is 90.0 Å². The number of carbonyl (C=O) groups is 3. The molecule has 0 aliphatic carbocycles. The van der Waals surface area contributed by atoms with Gasteiger partial charge >= 0.3 is 12.1 Å². The number of Topliss-reactive ketones (excluding diaryl/α,β-unsaturated/α-hetero) is 1. The van der Waals surface area contributed by atoms with E-state index in [9.17, 15) is 14.4 Å². The highest BCUT2D eigenvalue weighted by molar-refractivity contribution is 5.94. The Labute approximate surface area is 186 Å². The van der Waals surface area contributed by atoms with Crippen molar-refractivity contribution in [2.75, 3.05) is 14.2 Å². The number of esters is 1. The van der Waals surface area contributed by atoms with Crippen LogP contribution in [0.5, 0.6) is 0 Å². The summed E-state index contributed by atoms with van der Waals surface area (Å²) in [4.78, 5) is 36.6. The average molecular weight is 436 g/mol. The summed E-state index contributed by atoms with van der Waals surface area (Å²) in [6.45, 7) is 0.681. The monoisotopic (exact) mass is 436 g/mol. The Hall–Kier alpha value is -3.94. The summed E-state index contributed by atoms with van der Waals surface area (Å²) in [5, 5.41) is 2.51. The topological polar surface area (TPSA) is 90.5 Å². The van der Waals surface area contributed by atoms with E-state index < -0.39 is 18.1 Å². The van der Waals surface area contributed by atoms with Crippen molar-refractivity contribution in [1.29, 1.82) is 0 Å². The van der Waals surface area contributed by atoms with E-state index in [2.05, 4.69) is 10.1 Å². The van der Waals surface area contributed by atoms with Gasteiger partial charge < -0.3 is 14.8 Å². The van der Waals surface area contributed by atoms with Crippen LogP contribution in [0.4, 0.5) is 4.79 Å². The van der Waals surface area contributed by atoms with Gasteiger partial charge in [-0.1, -0.05) is 60.7 Å². The van der Waals surface area contributed by atoms with Crippen molar-refractivity contribution < 1.29 is 28.4 Å². The third-order valence-corrected chi connectivity index (χ3v) is 4.97. The van der Waals surface area contributed by atoms with E-state index in [0.29, 0.717) is 12.1 Å². The standard InChI is InChI=1S/C24H25N3O5/c1-31-23(29)21(25-24(30)32-2)13-20-15-26(16-22(28)19-11-7-4-8-12-19)17-27(20)14-18-9-5-3-6-10-18/h3-12,15,17,21H,13-14,16H2,1-2H3/p+1/t21-/m0/s1. The fraction of sp³-hybridized carbons (Fsp3) is 0.250. The highest BCUT2D eigenvalue weighted by atomic mass is 16.5. The number of hydrogen-bond donors (Lipinski definition) is 1. The molecule has 0 spiro atoms. The lowest BCUT2D eigenvalue weighted by Crippen LogP contribution is -2.43. The van der Waals surface area contributed by atoms with Gasteiger partial charge in [-0.2, -0.15) is 0 Å². The lowest BCUT2D eigenvalue weighted by Gasteiger charge is -2.14. The van der Waals surface area contributed by atoms with Crippen molar-refractivity contribution in [3.63, 3.8) is 0 Å². The zero-order valence-corrected chi connectivity index (χ0v) is 18.1. The minimum absolute atomic E-state index is 0.0313. The predicted molar refractivity (Wildman–Crippen MR) is 116 cm³/mol. The van der Waals surface area contributed by atoms with Gasteiger partial charge in [0.25, 0.3) is 0 Å². The van der Waals surface area contributed by atoms with E-state index >= 15 is 0 Å². The summed E-state index contributed by atoms with van der Waals surface area (Å²) in [7, 11) is 2.49. The molecule has 0 radical (unpaired) electrons. The number of ketones is 1. The summed E-state index contributed by atoms with van der Waals surface area (Å²) < 4.78 is 13.2. The van der Waals surface area contributed by atoms with Gasteiger partial charge in [-0.05, 0) is 5.56 Å². The second kappa shape index (κ2) is 10.9. The second-order valence-electron chi connectivity index (χ2n) is 7.23. The van der Waals surface area contributed by atoms with E-state index in [1.807, 2.05) is 59.4 Å². The maximum atomic E-state index is 12.7. The molecule has 166 valence electrons. The Bertz CT molecular complexity index is 1060. The van der Waals surface area contributed by atoms with E-state index in [1.165, 1.54) is 14.2 Å². The summed E-state index contributed by atoms with van der Waals surface area (Å²) in [5.41, 5.74) is 2.43. The number of aromatic nitrogens is 2. The highest BCUT2D eigenvalue weighted by Crippen LogP contribution is 2.10. The molecule has 0 unspecified atom stereocenters. The molecule has 3 aromatic rings. The summed E-state index contributed by atoms with van der Waals surface area (Å²) in [5.74, 6) is -0.619. The lowest BCUT2D eigenvalue weighted by molar-refractivity contribution is -0.682. The number of imidazole rings is 1. The van der Waals surface area contributed by atoms with Crippen LogP contribution in [0.2, 0.25) is 0 Å². The highest BCUT2D eigenvalue weighted by Gasteiger charge is 2.27. The van der Waals surface area contributed by atoms with Gasteiger partial charge in [-0.15, -0.1) is 0 Å². The van der Waals surface area contributed by atoms with Gasteiger partial charge in [-0.3, -0.25) is 4.79 Å². The van der Waals surface area contributed by atoms with Crippen LogP contribution < -0.4 is 9.88 Å². The third kappa shape index (κ3) is 6.04. The van der Waals surface area contributed by atoms with Crippen molar-refractivity contribution in [2.24, 2.45) is 0 Å². The molecule has 0 aliphatic rings. The van der Waals surface area contributed by atoms with Crippen LogP contribution in [0.1, 0.15) is 21.6 Å². The Morgan fingerprint density at radius 2 is 1.62 bits per heavy atom. The lowest BCUT2D eigenvalue weighted by atomic mass is 10.1. The molecule has 0 bridgehead atoms. The largest absolute Gasteiger partial charge is 0.467 e. The van der Waals surface area contributed by atoms with Gasteiger partial charge in [0.05, 0.1) is 14.2 Å². The number of hydrogen-bond acceptors (Lipinski definition) is 5. The molecule has 0 aliphatic heterocycles. The maximum absolute atomic E-state index is 12.7. The van der Waals surface area contributed by atoms with Gasteiger partial charge in [0.15, 0.2) is 6.54 Å². The molecule has 1 N–H and O–H groups in total. The van der Waals surface area contributed by atoms with Crippen molar-refractivity contribution in [2.45, 2.75) is 25.6 Å². The molecule has 0 saturated carbocycles. The molecule has 2 aromatic carbocycles. The number of benzene rings is 2. The van der Waals surface area contributed by atoms with Crippen LogP contribution in [0.15, 0.2) is 73.2 Å². The van der Waals surface area contributed by atoms with Crippen LogP contribution in [0, 0.1) is 0 Å².